The van der Waals surface area contributed by atoms with E-state index in [2.05, 4.69) is 18.7 Å². The van der Waals surface area contributed by atoms with Gasteiger partial charge < -0.3 is 5.11 Å². The molecular weight excluding hydrogens is 238 g/mol. The molecule has 3 heteroatoms. The number of likely N-dealkylation sites (tertiary alicyclic amines) is 1. The van der Waals surface area contributed by atoms with Gasteiger partial charge in [0, 0.05) is 19.0 Å². The molecule has 4 unspecified atom stereocenters. The summed E-state index contributed by atoms with van der Waals surface area (Å²) in [5.74, 6) is 1.66. The van der Waals surface area contributed by atoms with Gasteiger partial charge in [-0.3, -0.25) is 9.69 Å². The van der Waals surface area contributed by atoms with E-state index in [9.17, 15) is 4.79 Å². The van der Waals surface area contributed by atoms with E-state index in [1.165, 1.54) is 38.6 Å². The zero-order chi connectivity index (χ0) is 13.8. The maximum absolute atomic E-state index is 10.7. The van der Waals surface area contributed by atoms with E-state index in [4.69, 9.17) is 5.11 Å². The topological polar surface area (TPSA) is 40.5 Å². The zero-order valence-electron chi connectivity index (χ0n) is 12.5. The van der Waals surface area contributed by atoms with E-state index in [1.807, 2.05) is 0 Å². The predicted octanol–water partition coefficient (Wildman–Crippen LogP) is 3.39. The second kappa shape index (κ2) is 6.74. The second-order valence-corrected chi connectivity index (χ2v) is 6.90. The molecule has 4 atom stereocenters. The van der Waals surface area contributed by atoms with Crippen molar-refractivity contribution in [2.45, 2.75) is 64.8 Å². The Hall–Kier alpha value is -0.570. The summed E-state index contributed by atoms with van der Waals surface area (Å²) >= 11 is 0. The fourth-order valence-electron chi connectivity index (χ4n) is 4.15. The van der Waals surface area contributed by atoms with E-state index >= 15 is 0 Å². The highest BCUT2D eigenvalue weighted by atomic mass is 16.4. The van der Waals surface area contributed by atoms with Crippen LogP contribution in [0.15, 0.2) is 0 Å². The van der Waals surface area contributed by atoms with Crippen LogP contribution in [0.5, 0.6) is 0 Å². The lowest BCUT2D eigenvalue weighted by Crippen LogP contribution is -2.47. The Labute approximate surface area is 117 Å². The van der Waals surface area contributed by atoms with Gasteiger partial charge in [0.25, 0.3) is 0 Å². The van der Waals surface area contributed by atoms with Crippen molar-refractivity contribution >= 4 is 5.97 Å². The van der Waals surface area contributed by atoms with Crippen molar-refractivity contribution in [2.75, 3.05) is 13.1 Å². The normalized spacial score (nSPS) is 37.2. The van der Waals surface area contributed by atoms with Crippen LogP contribution in [0.4, 0.5) is 0 Å². The lowest BCUT2D eigenvalue weighted by atomic mass is 9.78. The standard InChI is InChI=1S/C16H29NO2/c1-12-5-7-15(13(2)10-12)17-9-3-4-14(11-17)6-8-16(18)19/h12-15H,3-11H2,1-2H3,(H,18,19). The molecule has 2 fully saturated rings. The van der Waals surface area contributed by atoms with Crippen LogP contribution in [0.1, 0.15) is 58.8 Å². The first-order chi connectivity index (χ1) is 9.06. The van der Waals surface area contributed by atoms with Crippen molar-refractivity contribution in [1.82, 2.24) is 4.90 Å². The lowest BCUT2D eigenvalue weighted by molar-refractivity contribution is -0.137. The van der Waals surface area contributed by atoms with Crippen LogP contribution in [-0.2, 0) is 4.79 Å². The van der Waals surface area contributed by atoms with Crippen LogP contribution in [0, 0.1) is 17.8 Å². The van der Waals surface area contributed by atoms with Gasteiger partial charge >= 0.3 is 5.97 Å². The Kier molecular flexibility index (Phi) is 5.26. The summed E-state index contributed by atoms with van der Waals surface area (Å²) in [6.45, 7) is 7.14. The minimum Gasteiger partial charge on any atom is -0.481 e. The highest BCUT2D eigenvalue weighted by Gasteiger charge is 2.32. The van der Waals surface area contributed by atoms with Crippen molar-refractivity contribution in [1.29, 1.82) is 0 Å². The maximum atomic E-state index is 10.7. The van der Waals surface area contributed by atoms with E-state index in [-0.39, 0.29) is 0 Å². The quantitative estimate of drug-likeness (QED) is 0.849. The van der Waals surface area contributed by atoms with Crippen molar-refractivity contribution in [3.05, 3.63) is 0 Å². The van der Waals surface area contributed by atoms with Crippen molar-refractivity contribution in [3.8, 4) is 0 Å². The highest BCUT2D eigenvalue weighted by Crippen LogP contribution is 2.34. The molecule has 0 spiro atoms. The summed E-state index contributed by atoms with van der Waals surface area (Å²) in [7, 11) is 0. The van der Waals surface area contributed by atoms with E-state index in [1.54, 1.807) is 0 Å². The summed E-state index contributed by atoms with van der Waals surface area (Å²) < 4.78 is 0. The molecule has 0 aromatic heterocycles. The fraction of sp³-hybridized carbons (Fsp3) is 0.938. The average Bonchev–Trinajstić information content (AvgIpc) is 2.36. The van der Waals surface area contributed by atoms with Gasteiger partial charge in [-0.2, -0.15) is 0 Å². The molecule has 2 rings (SSSR count). The molecule has 0 radical (unpaired) electrons. The maximum Gasteiger partial charge on any atom is 0.303 e. The number of piperidine rings is 1. The van der Waals surface area contributed by atoms with Crippen molar-refractivity contribution in [2.24, 2.45) is 17.8 Å². The van der Waals surface area contributed by atoms with Gasteiger partial charge in [-0.15, -0.1) is 0 Å². The Morgan fingerprint density at radius 1 is 1.26 bits per heavy atom. The molecular formula is C16H29NO2. The van der Waals surface area contributed by atoms with Crippen LogP contribution >= 0.6 is 0 Å². The number of hydrogen-bond acceptors (Lipinski definition) is 2. The molecule has 110 valence electrons. The molecule has 1 N–H and O–H groups in total. The van der Waals surface area contributed by atoms with Gasteiger partial charge in [0.2, 0.25) is 0 Å². The molecule has 3 nitrogen and oxygen atoms in total. The van der Waals surface area contributed by atoms with Crippen molar-refractivity contribution < 1.29 is 9.90 Å². The number of hydrogen-bond donors (Lipinski definition) is 1. The number of rotatable bonds is 4. The molecule has 1 heterocycles. The summed E-state index contributed by atoms with van der Waals surface area (Å²) in [6.07, 6.45) is 7.75. The van der Waals surface area contributed by atoms with Crippen LogP contribution in [-0.4, -0.2) is 35.1 Å². The third kappa shape index (κ3) is 4.20. The predicted molar refractivity (Wildman–Crippen MR) is 77.1 cm³/mol. The number of aliphatic carboxylic acids is 1. The minimum absolute atomic E-state index is 0.343. The lowest BCUT2D eigenvalue weighted by Gasteiger charge is -2.44. The number of carboxylic acid groups (broad SMARTS) is 1. The number of carboxylic acids is 1. The van der Waals surface area contributed by atoms with Crippen LogP contribution in [0.2, 0.25) is 0 Å². The first-order valence-corrected chi connectivity index (χ1v) is 8.02. The molecule has 1 aliphatic heterocycles. The summed E-state index contributed by atoms with van der Waals surface area (Å²) in [5, 5.41) is 8.82. The highest BCUT2D eigenvalue weighted by molar-refractivity contribution is 5.66. The third-order valence-electron chi connectivity index (χ3n) is 5.17. The van der Waals surface area contributed by atoms with E-state index < -0.39 is 5.97 Å². The molecule has 0 aromatic carbocycles. The summed E-state index contributed by atoms with van der Waals surface area (Å²) in [4.78, 5) is 13.4. The van der Waals surface area contributed by atoms with Crippen LogP contribution in [0.25, 0.3) is 0 Å². The van der Waals surface area contributed by atoms with Crippen LogP contribution in [0.3, 0.4) is 0 Å². The zero-order valence-corrected chi connectivity index (χ0v) is 12.5. The Bertz CT molecular complexity index is 305. The second-order valence-electron chi connectivity index (χ2n) is 6.90. The molecule has 0 bridgehead atoms. The molecule has 0 amide bonds. The fourth-order valence-corrected chi connectivity index (χ4v) is 4.15. The molecule has 0 aromatic rings. The molecule has 1 saturated carbocycles. The summed E-state index contributed by atoms with van der Waals surface area (Å²) in [6, 6.07) is 0.754. The Morgan fingerprint density at radius 3 is 2.74 bits per heavy atom. The van der Waals surface area contributed by atoms with Crippen LogP contribution < -0.4 is 0 Å². The Morgan fingerprint density at radius 2 is 2.05 bits per heavy atom. The number of carbonyl (C=O) groups is 1. The van der Waals surface area contributed by atoms with Gasteiger partial charge in [0.15, 0.2) is 0 Å². The van der Waals surface area contributed by atoms with Gasteiger partial charge in [-0.25, -0.2) is 0 Å². The largest absolute Gasteiger partial charge is 0.481 e. The Balaban J connectivity index is 1.84. The molecule has 2 aliphatic rings. The SMILES string of the molecule is CC1CCC(N2CCCC(CCC(=O)O)C2)C(C)C1. The minimum atomic E-state index is -0.642. The van der Waals surface area contributed by atoms with Gasteiger partial charge in [-0.1, -0.05) is 13.8 Å². The van der Waals surface area contributed by atoms with Gasteiger partial charge in [0.1, 0.15) is 0 Å². The smallest absolute Gasteiger partial charge is 0.303 e. The van der Waals surface area contributed by atoms with Gasteiger partial charge in [0.05, 0.1) is 0 Å². The first-order valence-electron chi connectivity index (χ1n) is 8.02. The molecule has 1 saturated heterocycles. The first kappa shape index (κ1) is 14.8. The number of nitrogens with zero attached hydrogens (tertiary/aromatic N) is 1. The molecule has 1 aliphatic carbocycles. The monoisotopic (exact) mass is 267 g/mol. The van der Waals surface area contributed by atoms with E-state index in [0.29, 0.717) is 12.3 Å². The molecule has 19 heavy (non-hydrogen) atoms. The van der Waals surface area contributed by atoms with E-state index in [0.717, 1.165) is 30.8 Å². The average molecular weight is 267 g/mol. The summed E-state index contributed by atoms with van der Waals surface area (Å²) in [5.41, 5.74) is 0. The third-order valence-corrected chi connectivity index (χ3v) is 5.17. The van der Waals surface area contributed by atoms with Gasteiger partial charge in [-0.05, 0) is 62.8 Å². The van der Waals surface area contributed by atoms with Crippen molar-refractivity contribution in [3.63, 3.8) is 0 Å².